The molecule has 0 aromatic heterocycles. The number of amides is 1. The highest BCUT2D eigenvalue weighted by molar-refractivity contribution is 9.10. The van der Waals surface area contributed by atoms with Gasteiger partial charge in [-0.05, 0) is 44.0 Å². The van der Waals surface area contributed by atoms with Crippen LogP contribution in [0.4, 0.5) is 0 Å². The van der Waals surface area contributed by atoms with Crippen molar-refractivity contribution in [3.8, 4) is 0 Å². The fourth-order valence-electron chi connectivity index (χ4n) is 2.40. The van der Waals surface area contributed by atoms with E-state index in [1.54, 1.807) is 0 Å². The Kier molecular flexibility index (Phi) is 4.99. The van der Waals surface area contributed by atoms with Crippen molar-refractivity contribution in [2.75, 3.05) is 19.6 Å². The number of likely N-dealkylation sites (tertiary alicyclic amines) is 1. The Bertz CT molecular complexity index is 453. The molecule has 1 aromatic carbocycles. The average molecular weight is 325 g/mol. The van der Waals surface area contributed by atoms with Crippen molar-refractivity contribution in [2.24, 2.45) is 0 Å². The van der Waals surface area contributed by atoms with Gasteiger partial charge in [0.15, 0.2) is 0 Å². The molecule has 1 N–H and O–H groups in total. The van der Waals surface area contributed by atoms with Crippen LogP contribution in [0.3, 0.4) is 0 Å². The maximum absolute atomic E-state index is 12.2. The van der Waals surface area contributed by atoms with Gasteiger partial charge >= 0.3 is 0 Å². The minimum absolute atomic E-state index is 0.0376. The number of aryl methyl sites for hydroxylation is 1. The summed E-state index contributed by atoms with van der Waals surface area (Å²) in [5.74, 6) is 0.0376. The molecule has 1 amide bonds. The smallest absolute Gasteiger partial charge is 0.251 e. The number of nitrogens with one attached hydrogen (secondary N) is 1. The minimum atomic E-state index is 0.0376. The summed E-state index contributed by atoms with van der Waals surface area (Å²) in [6.45, 7) is 7.47. The topological polar surface area (TPSA) is 32.3 Å². The maximum Gasteiger partial charge on any atom is 0.251 e. The summed E-state index contributed by atoms with van der Waals surface area (Å²) in [4.78, 5) is 14.6. The van der Waals surface area contributed by atoms with Crippen molar-refractivity contribution in [1.82, 2.24) is 10.2 Å². The summed E-state index contributed by atoms with van der Waals surface area (Å²) in [6.07, 6.45) is 2.10. The van der Waals surface area contributed by atoms with Crippen molar-refractivity contribution >= 4 is 21.8 Å². The molecule has 0 spiro atoms. The number of piperidine rings is 1. The molecule has 0 radical (unpaired) electrons. The molecule has 19 heavy (non-hydrogen) atoms. The van der Waals surface area contributed by atoms with Gasteiger partial charge in [-0.3, -0.25) is 4.79 Å². The fraction of sp³-hybridized carbons (Fsp3) is 0.533. The van der Waals surface area contributed by atoms with E-state index in [0.717, 1.165) is 48.1 Å². The summed E-state index contributed by atoms with van der Waals surface area (Å²) in [6, 6.07) is 6.07. The van der Waals surface area contributed by atoms with Crippen LogP contribution in [-0.4, -0.2) is 36.5 Å². The zero-order valence-corrected chi connectivity index (χ0v) is 13.2. The number of hydrogen-bond acceptors (Lipinski definition) is 2. The van der Waals surface area contributed by atoms with Crippen LogP contribution in [0.15, 0.2) is 22.7 Å². The molecule has 1 fully saturated rings. The first-order chi connectivity index (χ1) is 9.10. The van der Waals surface area contributed by atoms with Crippen LogP contribution in [-0.2, 0) is 0 Å². The van der Waals surface area contributed by atoms with Crippen molar-refractivity contribution < 1.29 is 4.79 Å². The SMILES string of the molecule is CCN1CCC(NC(=O)c2ccc(C)c(Br)c2)CC1. The number of hydrogen-bond donors (Lipinski definition) is 1. The molecule has 1 heterocycles. The van der Waals surface area contributed by atoms with Gasteiger partial charge in [0.25, 0.3) is 5.91 Å². The second-order valence-corrected chi connectivity index (χ2v) is 6.00. The first-order valence-corrected chi connectivity index (χ1v) is 7.69. The third kappa shape index (κ3) is 3.80. The van der Waals surface area contributed by atoms with Crippen molar-refractivity contribution in [1.29, 1.82) is 0 Å². The number of nitrogens with zero attached hydrogens (tertiary/aromatic N) is 1. The van der Waals surface area contributed by atoms with Crippen molar-refractivity contribution in [3.05, 3.63) is 33.8 Å². The van der Waals surface area contributed by atoms with E-state index < -0.39 is 0 Å². The standard InChI is InChI=1S/C15H21BrN2O/c1-3-18-8-6-13(7-9-18)17-15(19)12-5-4-11(2)14(16)10-12/h4-5,10,13H,3,6-9H2,1-2H3,(H,17,19). The van der Waals surface area contributed by atoms with Gasteiger partial charge in [0.2, 0.25) is 0 Å². The Morgan fingerprint density at radius 2 is 2.11 bits per heavy atom. The molecule has 0 saturated carbocycles. The van der Waals surface area contributed by atoms with E-state index in [0.29, 0.717) is 6.04 Å². The monoisotopic (exact) mass is 324 g/mol. The predicted octanol–water partition coefficient (Wildman–Crippen LogP) is 2.97. The van der Waals surface area contributed by atoms with E-state index in [4.69, 9.17) is 0 Å². The van der Waals surface area contributed by atoms with Crippen LogP contribution >= 0.6 is 15.9 Å². The van der Waals surface area contributed by atoms with Gasteiger partial charge in [-0.25, -0.2) is 0 Å². The summed E-state index contributed by atoms with van der Waals surface area (Å²) in [5, 5.41) is 3.14. The molecule has 0 atom stereocenters. The molecule has 3 nitrogen and oxygen atoms in total. The van der Waals surface area contributed by atoms with E-state index in [9.17, 15) is 4.79 Å². The molecule has 1 saturated heterocycles. The minimum Gasteiger partial charge on any atom is -0.349 e. The van der Waals surface area contributed by atoms with Crippen LogP contribution < -0.4 is 5.32 Å². The first-order valence-electron chi connectivity index (χ1n) is 6.89. The highest BCUT2D eigenvalue weighted by atomic mass is 79.9. The van der Waals surface area contributed by atoms with E-state index in [-0.39, 0.29) is 5.91 Å². The largest absolute Gasteiger partial charge is 0.349 e. The molecule has 1 aliphatic rings. The second kappa shape index (κ2) is 6.53. The van der Waals surface area contributed by atoms with Gasteiger partial charge in [0.05, 0.1) is 0 Å². The quantitative estimate of drug-likeness (QED) is 0.927. The molecular weight excluding hydrogens is 304 g/mol. The number of halogens is 1. The molecular formula is C15H21BrN2O. The molecule has 0 aliphatic carbocycles. The van der Waals surface area contributed by atoms with Crippen molar-refractivity contribution in [3.63, 3.8) is 0 Å². The zero-order chi connectivity index (χ0) is 13.8. The highest BCUT2D eigenvalue weighted by Crippen LogP contribution is 2.18. The molecule has 4 heteroatoms. The second-order valence-electron chi connectivity index (χ2n) is 5.15. The van der Waals surface area contributed by atoms with Gasteiger partial charge in [0.1, 0.15) is 0 Å². The Labute approximate surface area is 123 Å². The zero-order valence-electron chi connectivity index (χ0n) is 11.6. The Morgan fingerprint density at radius 3 is 2.68 bits per heavy atom. The first kappa shape index (κ1) is 14.5. The maximum atomic E-state index is 12.2. The molecule has 0 unspecified atom stereocenters. The lowest BCUT2D eigenvalue weighted by atomic mass is 10.0. The average Bonchev–Trinajstić information content (AvgIpc) is 2.42. The lowest BCUT2D eigenvalue weighted by Crippen LogP contribution is -2.44. The molecule has 2 rings (SSSR count). The third-order valence-electron chi connectivity index (χ3n) is 3.80. The summed E-state index contributed by atoms with van der Waals surface area (Å²) in [5.41, 5.74) is 1.88. The number of benzene rings is 1. The van der Waals surface area contributed by atoms with Crippen molar-refractivity contribution in [2.45, 2.75) is 32.7 Å². The Morgan fingerprint density at radius 1 is 1.42 bits per heavy atom. The number of carbonyl (C=O) groups is 1. The molecule has 104 valence electrons. The van der Waals surface area contributed by atoms with Crippen LogP contribution in [0.25, 0.3) is 0 Å². The molecule has 1 aliphatic heterocycles. The van der Waals surface area contributed by atoms with E-state index >= 15 is 0 Å². The van der Waals surface area contributed by atoms with Crippen LogP contribution in [0.2, 0.25) is 0 Å². The van der Waals surface area contributed by atoms with Crippen LogP contribution in [0.5, 0.6) is 0 Å². The van der Waals surface area contributed by atoms with Gasteiger partial charge < -0.3 is 10.2 Å². The molecule has 0 bridgehead atoms. The molecule has 1 aromatic rings. The van der Waals surface area contributed by atoms with Crippen LogP contribution in [0.1, 0.15) is 35.7 Å². The highest BCUT2D eigenvalue weighted by Gasteiger charge is 2.20. The van der Waals surface area contributed by atoms with Gasteiger partial charge in [-0.2, -0.15) is 0 Å². The van der Waals surface area contributed by atoms with E-state index in [1.807, 2.05) is 25.1 Å². The third-order valence-corrected chi connectivity index (χ3v) is 4.66. The number of carbonyl (C=O) groups excluding carboxylic acids is 1. The normalized spacial score (nSPS) is 17.4. The van der Waals surface area contributed by atoms with E-state index in [2.05, 4.69) is 33.1 Å². The Hall–Kier alpha value is -0.870. The Balaban J connectivity index is 1.92. The predicted molar refractivity (Wildman–Crippen MR) is 81.5 cm³/mol. The fourth-order valence-corrected chi connectivity index (χ4v) is 2.78. The van der Waals surface area contributed by atoms with Crippen LogP contribution in [0, 0.1) is 6.92 Å². The summed E-state index contributed by atoms with van der Waals surface area (Å²) in [7, 11) is 0. The summed E-state index contributed by atoms with van der Waals surface area (Å²) < 4.78 is 0.987. The number of rotatable bonds is 3. The van der Waals surface area contributed by atoms with Gasteiger partial charge in [-0.1, -0.05) is 28.9 Å². The lowest BCUT2D eigenvalue weighted by Gasteiger charge is -2.31. The lowest BCUT2D eigenvalue weighted by molar-refractivity contribution is 0.0912. The van der Waals surface area contributed by atoms with Gasteiger partial charge in [0, 0.05) is 29.2 Å². The van der Waals surface area contributed by atoms with E-state index in [1.165, 1.54) is 0 Å². The van der Waals surface area contributed by atoms with Gasteiger partial charge in [-0.15, -0.1) is 0 Å². The summed E-state index contributed by atoms with van der Waals surface area (Å²) >= 11 is 3.47.